The molecular weight excluding hydrogens is 438 g/mol. The van der Waals surface area contributed by atoms with Crippen molar-refractivity contribution in [1.82, 2.24) is 4.90 Å². The van der Waals surface area contributed by atoms with Crippen molar-refractivity contribution >= 4 is 17.4 Å². The second-order valence-corrected chi connectivity index (χ2v) is 8.50. The molecule has 8 heteroatoms. The molecule has 0 spiro atoms. The van der Waals surface area contributed by atoms with E-state index in [2.05, 4.69) is 0 Å². The molecule has 182 valence electrons. The lowest BCUT2D eigenvalue weighted by Crippen LogP contribution is -2.31. The lowest BCUT2D eigenvalue weighted by Gasteiger charge is -2.25. The SMILES string of the molecule is COCCCN1C(=O)C(=O)/C(=C(/O)c2ccc(OCC(C)C)cc2)C1c1ccc(O)c(OC)c1. The van der Waals surface area contributed by atoms with Crippen LogP contribution in [0.4, 0.5) is 0 Å². The number of carbonyl (C=O) groups excluding carboxylic acids is 2. The quantitative estimate of drug-likeness (QED) is 0.235. The average Bonchev–Trinajstić information content (AvgIpc) is 3.08. The van der Waals surface area contributed by atoms with Crippen molar-refractivity contribution in [2.45, 2.75) is 26.3 Å². The molecule has 34 heavy (non-hydrogen) atoms. The number of Topliss-reactive ketones (excluding diaryl/α,β-unsaturated/α-hetero) is 1. The fraction of sp³-hybridized carbons (Fsp3) is 0.385. The van der Waals surface area contributed by atoms with Gasteiger partial charge in [0.1, 0.15) is 11.5 Å². The van der Waals surface area contributed by atoms with Crippen molar-refractivity contribution in [3.05, 3.63) is 59.2 Å². The third-order valence-corrected chi connectivity index (χ3v) is 5.52. The summed E-state index contributed by atoms with van der Waals surface area (Å²) in [5.74, 6) is -0.612. The second kappa shape index (κ2) is 11.1. The first-order chi connectivity index (χ1) is 16.3. The molecule has 1 amide bonds. The number of likely N-dealkylation sites (tertiary alicyclic amines) is 1. The van der Waals surface area contributed by atoms with Crippen LogP contribution in [0.2, 0.25) is 0 Å². The first kappa shape index (κ1) is 25.1. The van der Waals surface area contributed by atoms with Gasteiger partial charge in [0.05, 0.1) is 25.3 Å². The zero-order valence-corrected chi connectivity index (χ0v) is 19.9. The minimum absolute atomic E-state index is 0.0222. The van der Waals surface area contributed by atoms with Gasteiger partial charge in [0.25, 0.3) is 11.7 Å². The number of aromatic hydroxyl groups is 1. The molecule has 2 aromatic carbocycles. The lowest BCUT2D eigenvalue weighted by atomic mass is 9.95. The summed E-state index contributed by atoms with van der Waals surface area (Å²) < 4.78 is 16.0. The minimum atomic E-state index is -0.844. The Morgan fingerprint density at radius 1 is 1.09 bits per heavy atom. The van der Waals surface area contributed by atoms with Crippen LogP contribution < -0.4 is 9.47 Å². The van der Waals surface area contributed by atoms with Crippen LogP contribution in [0.3, 0.4) is 0 Å². The van der Waals surface area contributed by atoms with Crippen molar-refractivity contribution in [2.75, 3.05) is 34.0 Å². The van der Waals surface area contributed by atoms with E-state index in [0.717, 1.165) is 0 Å². The minimum Gasteiger partial charge on any atom is -0.507 e. The molecule has 8 nitrogen and oxygen atoms in total. The van der Waals surface area contributed by atoms with E-state index in [0.29, 0.717) is 42.4 Å². The predicted octanol–water partition coefficient (Wildman–Crippen LogP) is 3.89. The van der Waals surface area contributed by atoms with Crippen LogP contribution >= 0.6 is 0 Å². The van der Waals surface area contributed by atoms with E-state index in [1.807, 2.05) is 13.8 Å². The Bertz CT molecular complexity index is 1060. The van der Waals surface area contributed by atoms with Gasteiger partial charge in [-0.15, -0.1) is 0 Å². The summed E-state index contributed by atoms with van der Waals surface area (Å²) >= 11 is 0. The van der Waals surface area contributed by atoms with Crippen LogP contribution in [0.5, 0.6) is 17.2 Å². The van der Waals surface area contributed by atoms with Gasteiger partial charge in [-0.05, 0) is 54.3 Å². The molecule has 0 radical (unpaired) electrons. The van der Waals surface area contributed by atoms with Gasteiger partial charge in [-0.25, -0.2) is 0 Å². The normalized spacial score (nSPS) is 17.4. The highest BCUT2D eigenvalue weighted by Gasteiger charge is 2.46. The van der Waals surface area contributed by atoms with Crippen LogP contribution in [0.25, 0.3) is 5.76 Å². The van der Waals surface area contributed by atoms with Gasteiger partial charge >= 0.3 is 0 Å². The van der Waals surface area contributed by atoms with E-state index in [4.69, 9.17) is 14.2 Å². The molecule has 2 aromatic rings. The smallest absolute Gasteiger partial charge is 0.295 e. The summed E-state index contributed by atoms with van der Waals surface area (Å²) in [6.45, 7) is 5.31. The number of hydrogen-bond donors (Lipinski definition) is 2. The molecule has 1 unspecified atom stereocenters. The number of carbonyl (C=O) groups is 2. The standard InChI is InChI=1S/C26H31NO7/c1-16(2)15-34-19-9-6-17(7-10-19)24(29)22-23(18-8-11-20(28)21(14-18)33-4)27(12-5-13-32-3)26(31)25(22)30/h6-11,14,16,23,28-29H,5,12-13,15H2,1-4H3/b24-22+. The zero-order chi connectivity index (χ0) is 24.8. The van der Waals surface area contributed by atoms with Crippen LogP contribution in [0, 0.1) is 5.92 Å². The molecule has 0 aromatic heterocycles. The molecule has 1 atom stereocenters. The van der Waals surface area contributed by atoms with Gasteiger partial charge in [0.2, 0.25) is 0 Å². The maximum Gasteiger partial charge on any atom is 0.295 e. The van der Waals surface area contributed by atoms with Crippen molar-refractivity contribution in [2.24, 2.45) is 5.92 Å². The molecule has 0 aliphatic carbocycles. The summed E-state index contributed by atoms with van der Waals surface area (Å²) in [6.07, 6.45) is 0.511. The third-order valence-electron chi connectivity index (χ3n) is 5.52. The number of benzene rings is 2. The monoisotopic (exact) mass is 469 g/mol. The number of nitrogens with zero attached hydrogens (tertiary/aromatic N) is 1. The van der Waals surface area contributed by atoms with Crippen molar-refractivity contribution in [3.8, 4) is 17.2 Å². The third kappa shape index (κ3) is 5.34. The van der Waals surface area contributed by atoms with Gasteiger partial charge in [0.15, 0.2) is 11.5 Å². The largest absolute Gasteiger partial charge is 0.507 e. The number of ketones is 1. The fourth-order valence-electron chi connectivity index (χ4n) is 3.83. The van der Waals surface area contributed by atoms with Crippen LogP contribution in [0.15, 0.2) is 48.0 Å². The van der Waals surface area contributed by atoms with E-state index in [9.17, 15) is 19.8 Å². The topological polar surface area (TPSA) is 106 Å². The number of rotatable bonds is 10. The predicted molar refractivity (Wildman–Crippen MR) is 127 cm³/mol. The van der Waals surface area contributed by atoms with Gasteiger partial charge in [-0.3, -0.25) is 9.59 Å². The first-order valence-corrected chi connectivity index (χ1v) is 11.2. The average molecular weight is 470 g/mol. The van der Waals surface area contributed by atoms with Crippen molar-refractivity contribution in [1.29, 1.82) is 0 Å². The van der Waals surface area contributed by atoms with Crippen molar-refractivity contribution < 1.29 is 34.0 Å². The lowest BCUT2D eigenvalue weighted by molar-refractivity contribution is -0.140. The Labute approximate surface area is 199 Å². The fourth-order valence-corrected chi connectivity index (χ4v) is 3.83. The number of hydrogen-bond acceptors (Lipinski definition) is 7. The summed E-state index contributed by atoms with van der Waals surface area (Å²) in [5, 5.41) is 21.2. The van der Waals surface area contributed by atoms with E-state index < -0.39 is 17.7 Å². The number of phenolic OH excluding ortho intramolecular Hbond substituents is 1. The molecular formula is C26H31NO7. The molecule has 3 rings (SSSR count). The van der Waals surface area contributed by atoms with E-state index in [1.165, 1.54) is 18.1 Å². The van der Waals surface area contributed by atoms with Crippen molar-refractivity contribution in [3.63, 3.8) is 0 Å². The van der Waals surface area contributed by atoms with E-state index in [1.54, 1.807) is 43.5 Å². The number of phenols is 1. The van der Waals surface area contributed by atoms with Gasteiger partial charge < -0.3 is 29.3 Å². The summed E-state index contributed by atoms with van der Waals surface area (Å²) in [5.41, 5.74) is 0.901. The Hall–Kier alpha value is -3.52. The molecule has 1 fully saturated rings. The molecule has 0 bridgehead atoms. The molecule has 1 saturated heterocycles. The summed E-state index contributed by atoms with van der Waals surface area (Å²) in [4.78, 5) is 27.4. The number of amides is 1. The van der Waals surface area contributed by atoms with E-state index >= 15 is 0 Å². The molecule has 1 aliphatic rings. The van der Waals surface area contributed by atoms with Crippen LogP contribution in [-0.2, 0) is 14.3 Å². The number of aliphatic hydroxyl groups is 1. The number of methoxy groups -OCH3 is 2. The first-order valence-electron chi connectivity index (χ1n) is 11.2. The van der Waals surface area contributed by atoms with Gasteiger partial charge in [-0.2, -0.15) is 0 Å². The Kier molecular flexibility index (Phi) is 8.17. The highest BCUT2D eigenvalue weighted by molar-refractivity contribution is 6.46. The number of aliphatic hydroxyl groups excluding tert-OH is 1. The van der Waals surface area contributed by atoms with Gasteiger partial charge in [-0.1, -0.05) is 19.9 Å². The van der Waals surface area contributed by atoms with Gasteiger partial charge in [0, 0.05) is 25.8 Å². The van der Waals surface area contributed by atoms with Crippen LogP contribution in [0.1, 0.15) is 37.4 Å². The molecule has 1 aliphatic heterocycles. The highest BCUT2D eigenvalue weighted by atomic mass is 16.5. The molecule has 0 saturated carbocycles. The second-order valence-electron chi connectivity index (χ2n) is 8.50. The Balaban J connectivity index is 2.05. The molecule has 1 heterocycles. The Morgan fingerprint density at radius 3 is 2.41 bits per heavy atom. The maximum atomic E-state index is 13.1. The van der Waals surface area contributed by atoms with E-state index in [-0.39, 0.29) is 29.4 Å². The highest BCUT2D eigenvalue weighted by Crippen LogP contribution is 2.41. The Morgan fingerprint density at radius 2 is 1.79 bits per heavy atom. The van der Waals surface area contributed by atoms with Crippen LogP contribution in [-0.4, -0.2) is 60.8 Å². The summed E-state index contributed by atoms with van der Waals surface area (Å²) in [7, 11) is 2.97. The zero-order valence-electron chi connectivity index (χ0n) is 19.9. The molecule has 2 N–H and O–H groups in total. The maximum absolute atomic E-state index is 13.1. The number of ether oxygens (including phenoxy) is 3. The summed E-state index contributed by atoms with van der Waals surface area (Å²) in [6, 6.07) is 10.5.